The summed E-state index contributed by atoms with van der Waals surface area (Å²) < 4.78 is 21.3. The minimum atomic E-state index is -1.32. The second-order valence-corrected chi connectivity index (χ2v) is 6.38. The lowest BCUT2D eigenvalue weighted by Gasteiger charge is -2.19. The minimum Gasteiger partial charge on any atom is -0.494 e. The highest BCUT2D eigenvalue weighted by Gasteiger charge is 2.22. The van der Waals surface area contributed by atoms with Crippen molar-refractivity contribution in [1.82, 2.24) is 4.57 Å². The molecule has 0 bridgehead atoms. The number of carboxylic acids is 1. The zero-order valence-corrected chi connectivity index (χ0v) is 15.6. The Kier molecular flexibility index (Phi) is 5.82. The van der Waals surface area contributed by atoms with Crippen LogP contribution in [0.4, 0.5) is 4.39 Å². The quantitative estimate of drug-likeness (QED) is 0.598. The van der Waals surface area contributed by atoms with Gasteiger partial charge in [-0.2, -0.15) is 0 Å². The SMILES string of the molecule is COc1cccc(C(O)c2cc(Cl)ccc2-n2cccc2C=CC(=O)O)c1F. The van der Waals surface area contributed by atoms with Crippen LogP contribution in [0.1, 0.15) is 22.9 Å². The number of halogens is 2. The van der Waals surface area contributed by atoms with E-state index in [1.165, 1.54) is 25.3 Å². The van der Waals surface area contributed by atoms with Crippen molar-refractivity contribution in [3.8, 4) is 11.4 Å². The van der Waals surface area contributed by atoms with Crippen LogP contribution in [0, 0.1) is 5.82 Å². The van der Waals surface area contributed by atoms with Crippen LogP contribution >= 0.6 is 11.6 Å². The first-order valence-electron chi connectivity index (χ1n) is 8.31. The van der Waals surface area contributed by atoms with Crippen molar-refractivity contribution in [1.29, 1.82) is 0 Å². The molecule has 0 fully saturated rings. The largest absolute Gasteiger partial charge is 0.494 e. The van der Waals surface area contributed by atoms with Gasteiger partial charge in [-0.3, -0.25) is 0 Å². The van der Waals surface area contributed by atoms with Gasteiger partial charge >= 0.3 is 5.97 Å². The first-order chi connectivity index (χ1) is 13.4. The molecule has 0 aliphatic heterocycles. The number of methoxy groups -OCH3 is 1. The van der Waals surface area contributed by atoms with Crippen LogP contribution in [0.25, 0.3) is 11.8 Å². The van der Waals surface area contributed by atoms with Crippen LogP contribution in [-0.4, -0.2) is 27.9 Å². The van der Waals surface area contributed by atoms with E-state index < -0.39 is 17.9 Å². The van der Waals surface area contributed by atoms with Crippen LogP contribution in [-0.2, 0) is 4.79 Å². The van der Waals surface area contributed by atoms with Crippen molar-refractivity contribution in [2.45, 2.75) is 6.10 Å². The Morgan fingerprint density at radius 1 is 1.21 bits per heavy atom. The smallest absolute Gasteiger partial charge is 0.328 e. The molecule has 0 saturated carbocycles. The number of nitrogens with zero attached hydrogens (tertiary/aromatic N) is 1. The lowest BCUT2D eigenvalue weighted by molar-refractivity contribution is -0.131. The number of carbonyl (C=O) groups is 1. The predicted molar refractivity (Wildman–Crippen MR) is 104 cm³/mol. The molecule has 1 heterocycles. The number of hydrogen-bond donors (Lipinski definition) is 2. The van der Waals surface area contributed by atoms with Crippen LogP contribution in [0.5, 0.6) is 5.75 Å². The molecule has 0 spiro atoms. The minimum absolute atomic E-state index is 0.0196. The van der Waals surface area contributed by atoms with Crippen molar-refractivity contribution in [2.24, 2.45) is 0 Å². The summed E-state index contributed by atoms with van der Waals surface area (Å²) >= 11 is 6.12. The summed E-state index contributed by atoms with van der Waals surface area (Å²) in [5.41, 5.74) is 1.51. The van der Waals surface area contributed by atoms with Crippen LogP contribution in [0.3, 0.4) is 0 Å². The van der Waals surface area contributed by atoms with Crippen molar-refractivity contribution >= 4 is 23.6 Å². The third kappa shape index (κ3) is 3.93. The number of benzene rings is 2. The van der Waals surface area contributed by atoms with Gasteiger partial charge in [0.2, 0.25) is 0 Å². The predicted octanol–water partition coefficient (Wildman–Crippen LogP) is 4.46. The topological polar surface area (TPSA) is 71.7 Å². The number of rotatable bonds is 6. The summed E-state index contributed by atoms with van der Waals surface area (Å²) in [5, 5.41) is 20.2. The average molecular weight is 402 g/mol. The molecule has 28 heavy (non-hydrogen) atoms. The van der Waals surface area contributed by atoms with Crippen molar-refractivity contribution < 1.29 is 24.1 Å². The molecule has 7 heteroatoms. The van der Waals surface area contributed by atoms with Crippen LogP contribution in [0.2, 0.25) is 5.02 Å². The van der Waals surface area contributed by atoms with E-state index in [9.17, 15) is 14.3 Å². The monoisotopic (exact) mass is 401 g/mol. The van der Waals surface area contributed by atoms with E-state index in [2.05, 4.69) is 0 Å². The molecule has 0 aliphatic carbocycles. The van der Waals surface area contributed by atoms with E-state index in [1.54, 1.807) is 47.2 Å². The Bertz CT molecular complexity index is 1040. The summed E-state index contributed by atoms with van der Waals surface area (Å²) in [7, 11) is 1.35. The molecule has 0 saturated heterocycles. The molecular formula is C21H17ClFNO4. The number of aliphatic hydroxyl groups excluding tert-OH is 1. The maximum atomic E-state index is 14.7. The lowest BCUT2D eigenvalue weighted by atomic mass is 9.98. The second-order valence-electron chi connectivity index (χ2n) is 5.94. The first kappa shape index (κ1) is 19.7. The van der Waals surface area contributed by atoms with Gasteiger partial charge in [-0.25, -0.2) is 9.18 Å². The highest BCUT2D eigenvalue weighted by Crippen LogP contribution is 2.34. The summed E-state index contributed by atoms with van der Waals surface area (Å²) in [6, 6.07) is 12.8. The van der Waals surface area contributed by atoms with E-state index in [0.717, 1.165) is 6.08 Å². The summed E-state index contributed by atoms with van der Waals surface area (Å²) in [6.45, 7) is 0. The van der Waals surface area contributed by atoms with Gasteiger partial charge in [0, 0.05) is 34.1 Å². The van der Waals surface area contributed by atoms with Crippen molar-refractivity contribution in [3.05, 3.63) is 88.5 Å². The number of aliphatic carboxylic acids is 1. The number of ether oxygens (including phenoxy) is 1. The number of hydrogen-bond acceptors (Lipinski definition) is 3. The van der Waals surface area contributed by atoms with Gasteiger partial charge in [-0.1, -0.05) is 23.7 Å². The summed E-state index contributed by atoms with van der Waals surface area (Å²) in [4.78, 5) is 10.8. The lowest BCUT2D eigenvalue weighted by Crippen LogP contribution is -2.09. The molecule has 2 N–H and O–H groups in total. The third-order valence-corrected chi connectivity index (χ3v) is 4.46. The van der Waals surface area contributed by atoms with Gasteiger partial charge in [0.15, 0.2) is 11.6 Å². The number of aliphatic hydroxyl groups is 1. The van der Waals surface area contributed by atoms with Crippen molar-refractivity contribution in [3.63, 3.8) is 0 Å². The average Bonchev–Trinajstić information content (AvgIpc) is 3.14. The molecule has 3 rings (SSSR count). The summed E-state index contributed by atoms with van der Waals surface area (Å²) in [6.07, 6.45) is 2.84. The fourth-order valence-electron chi connectivity index (χ4n) is 2.93. The Hall–Kier alpha value is -3.09. The molecule has 1 unspecified atom stereocenters. The molecule has 0 amide bonds. The highest BCUT2D eigenvalue weighted by atomic mass is 35.5. The van der Waals surface area contributed by atoms with E-state index in [-0.39, 0.29) is 11.3 Å². The van der Waals surface area contributed by atoms with Crippen LogP contribution < -0.4 is 4.74 Å². The highest BCUT2D eigenvalue weighted by molar-refractivity contribution is 6.30. The van der Waals surface area contributed by atoms with Gasteiger partial charge < -0.3 is 19.5 Å². The fraction of sp³-hybridized carbons (Fsp3) is 0.0952. The Labute approximate surface area is 165 Å². The number of aromatic nitrogens is 1. The molecule has 3 aromatic rings. The Morgan fingerprint density at radius 2 is 2.00 bits per heavy atom. The van der Waals surface area contributed by atoms with E-state index in [1.807, 2.05) is 0 Å². The molecule has 0 aliphatic rings. The van der Waals surface area contributed by atoms with E-state index in [0.29, 0.717) is 22.0 Å². The standard InChI is InChI=1S/C21H17ClFNO4/c1-28-18-6-2-5-15(20(18)23)21(27)16-12-13(22)7-9-17(16)24-11-3-4-14(24)8-10-19(25)26/h2-12,21,27H,1H3,(H,25,26). The molecular weight excluding hydrogens is 385 g/mol. The second kappa shape index (κ2) is 8.29. The summed E-state index contributed by atoms with van der Waals surface area (Å²) in [5.74, 6) is -1.73. The first-order valence-corrected chi connectivity index (χ1v) is 8.69. The molecule has 1 atom stereocenters. The van der Waals surface area contributed by atoms with Crippen LogP contribution in [0.15, 0.2) is 60.8 Å². The maximum absolute atomic E-state index is 14.7. The zero-order chi connectivity index (χ0) is 20.3. The molecule has 1 aromatic heterocycles. The molecule has 144 valence electrons. The third-order valence-electron chi connectivity index (χ3n) is 4.23. The maximum Gasteiger partial charge on any atom is 0.328 e. The van der Waals surface area contributed by atoms with E-state index >= 15 is 0 Å². The van der Waals surface area contributed by atoms with Gasteiger partial charge in [0.05, 0.1) is 12.8 Å². The fourth-order valence-corrected chi connectivity index (χ4v) is 3.11. The Morgan fingerprint density at radius 3 is 2.71 bits per heavy atom. The molecule has 5 nitrogen and oxygen atoms in total. The zero-order valence-electron chi connectivity index (χ0n) is 14.8. The van der Waals surface area contributed by atoms with Gasteiger partial charge in [0.1, 0.15) is 6.10 Å². The van der Waals surface area contributed by atoms with Gasteiger partial charge in [-0.15, -0.1) is 0 Å². The Balaban J connectivity index is 2.13. The van der Waals surface area contributed by atoms with E-state index in [4.69, 9.17) is 21.4 Å². The van der Waals surface area contributed by atoms with Crippen molar-refractivity contribution in [2.75, 3.05) is 7.11 Å². The molecule has 2 aromatic carbocycles. The molecule has 0 radical (unpaired) electrons. The number of carboxylic acid groups (broad SMARTS) is 1. The normalized spacial score (nSPS) is 12.3. The van der Waals surface area contributed by atoms with Gasteiger partial charge in [0.25, 0.3) is 0 Å². The van der Waals surface area contributed by atoms with Gasteiger partial charge in [-0.05, 0) is 42.5 Å².